The standard InChI is InChI=1S/C24H20F4N2O3S2/c1-23(2,31)21-13-18(30(29-21)17-9-5-8-16(25)22(17)24(26,27)28)20-11-10-19(34-20)14-6-4-7-15(12-14)35(3,32)33/h4-13,31H,1-3H3. The normalized spacial score (nSPS) is 12.8. The molecule has 0 bridgehead atoms. The highest BCUT2D eigenvalue weighted by Gasteiger charge is 2.38. The van der Waals surface area contributed by atoms with Crippen molar-refractivity contribution in [2.75, 3.05) is 6.26 Å². The summed E-state index contributed by atoms with van der Waals surface area (Å²) in [5.74, 6) is -1.44. The summed E-state index contributed by atoms with van der Waals surface area (Å²) in [5, 5.41) is 14.7. The molecule has 0 spiro atoms. The lowest BCUT2D eigenvalue weighted by atomic mass is 10.1. The largest absolute Gasteiger partial charge is 0.421 e. The van der Waals surface area contributed by atoms with Gasteiger partial charge >= 0.3 is 6.18 Å². The average Bonchev–Trinajstić information content (AvgIpc) is 3.39. The van der Waals surface area contributed by atoms with Crippen LogP contribution in [-0.4, -0.2) is 29.6 Å². The van der Waals surface area contributed by atoms with E-state index < -0.39 is 38.7 Å². The van der Waals surface area contributed by atoms with Gasteiger partial charge in [-0.2, -0.15) is 18.3 Å². The summed E-state index contributed by atoms with van der Waals surface area (Å²) in [7, 11) is -3.44. The molecule has 0 aliphatic rings. The third-order valence-electron chi connectivity index (χ3n) is 5.24. The van der Waals surface area contributed by atoms with E-state index in [2.05, 4.69) is 5.10 Å². The van der Waals surface area contributed by atoms with Crippen molar-refractivity contribution in [2.45, 2.75) is 30.5 Å². The Kier molecular flexibility index (Phi) is 6.15. The monoisotopic (exact) mass is 524 g/mol. The number of benzene rings is 2. The zero-order chi connectivity index (χ0) is 25.8. The van der Waals surface area contributed by atoms with Crippen LogP contribution in [0, 0.1) is 5.82 Å². The highest BCUT2D eigenvalue weighted by Crippen LogP contribution is 2.41. The summed E-state index contributed by atoms with van der Waals surface area (Å²) in [5.41, 5.74) is -2.54. The third-order valence-corrected chi connectivity index (χ3v) is 7.51. The molecule has 0 atom stereocenters. The van der Waals surface area contributed by atoms with E-state index in [1.54, 1.807) is 24.3 Å². The summed E-state index contributed by atoms with van der Waals surface area (Å²) in [6.07, 6.45) is -3.88. The Hall–Kier alpha value is -3.02. The van der Waals surface area contributed by atoms with Crippen molar-refractivity contribution in [1.29, 1.82) is 0 Å². The van der Waals surface area contributed by atoms with Gasteiger partial charge in [0.2, 0.25) is 0 Å². The van der Waals surface area contributed by atoms with Crippen molar-refractivity contribution in [2.24, 2.45) is 0 Å². The molecule has 2 aromatic heterocycles. The van der Waals surface area contributed by atoms with Crippen molar-refractivity contribution in [3.63, 3.8) is 0 Å². The summed E-state index contributed by atoms with van der Waals surface area (Å²) >= 11 is 1.20. The molecule has 4 aromatic rings. The Bertz CT molecular complexity index is 1510. The van der Waals surface area contributed by atoms with Crippen LogP contribution < -0.4 is 0 Å². The van der Waals surface area contributed by atoms with Crippen LogP contribution in [0.5, 0.6) is 0 Å². The molecular weight excluding hydrogens is 504 g/mol. The maximum Gasteiger partial charge on any atom is 0.421 e. The van der Waals surface area contributed by atoms with Crippen molar-refractivity contribution in [3.05, 3.63) is 77.7 Å². The first-order valence-electron chi connectivity index (χ1n) is 10.3. The molecule has 0 unspecified atom stereocenters. The summed E-state index contributed by atoms with van der Waals surface area (Å²) in [6.45, 7) is 2.88. The first kappa shape index (κ1) is 25.1. The molecule has 5 nitrogen and oxygen atoms in total. The fraction of sp³-hybridized carbons (Fsp3) is 0.208. The molecule has 2 heterocycles. The van der Waals surface area contributed by atoms with Crippen molar-refractivity contribution < 1.29 is 31.1 Å². The van der Waals surface area contributed by atoms with E-state index in [0.717, 1.165) is 29.1 Å². The zero-order valence-corrected chi connectivity index (χ0v) is 20.4. The molecule has 4 rings (SSSR count). The number of hydrogen-bond acceptors (Lipinski definition) is 5. The number of nitrogens with zero attached hydrogens (tertiary/aromatic N) is 2. The van der Waals surface area contributed by atoms with E-state index in [1.807, 2.05) is 0 Å². The maximum atomic E-state index is 14.3. The molecular formula is C24H20F4N2O3S2. The molecule has 2 aromatic carbocycles. The Balaban J connectivity index is 1.91. The van der Waals surface area contributed by atoms with Crippen LogP contribution in [0.1, 0.15) is 25.1 Å². The van der Waals surface area contributed by atoms with E-state index in [4.69, 9.17) is 0 Å². The van der Waals surface area contributed by atoms with Crippen molar-refractivity contribution >= 4 is 21.2 Å². The average molecular weight is 525 g/mol. The maximum absolute atomic E-state index is 14.3. The number of sulfone groups is 1. The lowest BCUT2D eigenvalue weighted by Crippen LogP contribution is -2.18. The van der Waals surface area contributed by atoms with Crippen LogP contribution in [0.3, 0.4) is 0 Å². The molecule has 0 fully saturated rings. The minimum Gasteiger partial charge on any atom is -0.384 e. The summed E-state index contributed by atoms with van der Waals surface area (Å²) in [4.78, 5) is 1.29. The molecule has 0 radical (unpaired) electrons. The Morgan fingerprint density at radius 2 is 1.63 bits per heavy atom. The number of thiophene rings is 1. The molecule has 0 aliphatic carbocycles. The summed E-state index contributed by atoms with van der Waals surface area (Å²) < 4.78 is 80.4. The highest BCUT2D eigenvalue weighted by molar-refractivity contribution is 7.90. The zero-order valence-electron chi connectivity index (χ0n) is 18.8. The van der Waals surface area contributed by atoms with Gasteiger partial charge < -0.3 is 5.11 Å². The van der Waals surface area contributed by atoms with Gasteiger partial charge in [0.15, 0.2) is 9.84 Å². The first-order valence-corrected chi connectivity index (χ1v) is 13.0. The van der Waals surface area contributed by atoms with E-state index in [9.17, 15) is 31.1 Å². The quantitative estimate of drug-likeness (QED) is 0.322. The van der Waals surface area contributed by atoms with Gasteiger partial charge in [-0.3, -0.25) is 0 Å². The predicted octanol–water partition coefficient (Wildman–Crippen LogP) is 6.06. The SMILES string of the molecule is CC(C)(O)c1cc(-c2ccc(-c3cccc(S(C)(=O)=O)c3)s2)n(-c2cccc(F)c2C(F)(F)F)n1. The minimum absolute atomic E-state index is 0.0962. The van der Waals surface area contributed by atoms with Gasteiger partial charge in [0.25, 0.3) is 0 Å². The number of hydrogen-bond donors (Lipinski definition) is 1. The first-order chi connectivity index (χ1) is 16.2. The van der Waals surface area contributed by atoms with Gasteiger partial charge in [-0.05, 0) is 61.9 Å². The van der Waals surface area contributed by atoms with E-state index in [-0.39, 0.29) is 16.3 Å². The van der Waals surface area contributed by atoms with Gasteiger partial charge in [-0.25, -0.2) is 17.5 Å². The van der Waals surface area contributed by atoms with Crippen LogP contribution in [0.4, 0.5) is 17.6 Å². The van der Waals surface area contributed by atoms with Gasteiger partial charge in [0, 0.05) is 11.1 Å². The van der Waals surface area contributed by atoms with E-state index in [1.165, 1.54) is 43.4 Å². The van der Waals surface area contributed by atoms with Crippen LogP contribution in [0.15, 0.2) is 65.6 Å². The lowest BCUT2D eigenvalue weighted by Gasteiger charge is -2.16. The van der Waals surface area contributed by atoms with Crippen molar-refractivity contribution in [1.82, 2.24) is 9.78 Å². The number of aromatic nitrogens is 2. The Morgan fingerprint density at radius 1 is 0.971 bits per heavy atom. The number of alkyl halides is 3. The predicted molar refractivity (Wildman–Crippen MR) is 126 cm³/mol. The molecule has 11 heteroatoms. The van der Waals surface area contributed by atoms with Gasteiger partial charge in [0.05, 0.1) is 26.8 Å². The van der Waals surface area contributed by atoms with E-state index in [0.29, 0.717) is 15.3 Å². The van der Waals surface area contributed by atoms with Crippen molar-refractivity contribution in [3.8, 4) is 26.7 Å². The molecule has 35 heavy (non-hydrogen) atoms. The van der Waals surface area contributed by atoms with Crippen LogP contribution in [0.2, 0.25) is 0 Å². The second kappa shape index (κ2) is 8.58. The second-order valence-electron chi connectivity index (χ2n) is 8.48. The van der Waals surface area contributed by atoms with Crippen LogP contribution in [0.25, 0.3) is 26.7 Å². The van der Waals surface area contributed by atoms with Crippen LogP contribution in [-0.2, 0) is 21.6 Å². The van der Waals surface area contributed by atoms with Gasteiger partial charge in [-0.15, -0.1) is 11.3 Å². The van der Waals surface area contributed by atoms with Gasteiger partial charge in [-0.1, -0.05) is 18.2 Å². The minimum atomic E-state index is -4.98. The summed E-state index contributed by atoms with van der Waals surface area (Å²) in [6, 6.07) is 14.1. The van der Waals surface area contributed by atoms with Gasteiger partial charge in [0.1, 0.15) is 17.0 Å². The number of aliphatic hydroxyl groups is 1. The molecule has 0 saturated carbocycles. The molecule has 184 valence electrons. The topological polar surface area (TPSA) is 72.2 Å². The fourth-order valence-corrected chi connectivity index (χ4v) is 5.19. The van der Waals surface area contributed by atoms with E-state index >= 15 is 0 Å². The second-order valence-corrected chi connectivity index (χ2v) is 11.6. The highest BCUT2D eigenvalue weighted by atomic mass is 32.2. The third kappa shape index (κ3) is 5.02. The Labute approximate surface area is 203 Å². The lowest BCUT2D eigenvalue weighted by molar-refractivity contribution is -0.139. The number of rotatable bonds is 5. The van der Waals surface area contributed by atoms with Crippen LogP contribution >= 0.6 is 11.3 Å². The molecule has 1 N–H and O–H groups in total. The fourth-order valence-electron chi connectivity index (χ4n) is 3.52. The molecule has 0 aliphatic heterocycles. The molecule has 0 saturated heterocycles. The Morgan fingerprint density at radius 3 is 2.26 bits per heavy atom. The number of halogens is 4. The smallest absolute Gasteiger partial charge is 0.384 e. The molecule has 0 amide bonds.